The summed E-state index contributed by atoms with van der Waals surface area (Å²) >= 11 is 0. The fourth-order valence-electron chi connectivity index (χ4n) is 2.92. The van der Waals surface area contributed by atoms with E-state index in [9.17, 15) is 9.59 Å². The summed E-state index contributed by atoms with van der Waals surface area (Å²) in [4.78, 5) is 29.0. The van der Waals surface area contributed by atoms with Crippen LogP contribution in [0.2, 0.25) is 0 Å². The zero-order valence-corrected chi connectivity index (χ0v) is 14.9. The molecule has 2 amide bonds. The highest BCUT2D eigenvalue weighted by molar-refractivity contribution is 5.99. The van der Waals surface area contributed by atoms with E-state index >= 15 is 0 Å². The number of benzene rings is 2. The van der Waals surface area contributed by atoms with Crippen LogP contribution in [0.15, 0.2) is 54.6 Å². The van der Waals surface area contributed by atoms with Crippen LogP contribution in [0.1, 0.15) is 26.3 Å². The molecule has 0 aromatic heterocycles. The van der Waals surface area contributed by atoms with Crippen LogP contribution < -0.4 is 10.9 Å². The van der Waals surface area contributed by atoms with E-state index in [0.717, 1.165) is 38.3 Å². The summed E-state index contributed by atoms with van der Waals surface area (Å²) in [7, 11) is 2.13. The molecule has 3 rings (SSSR count). The third-order valence-corrected chi connectivity index (χ3v) is 4.52. The van der Waals surface area contributed by atoms with Gasteiger partial charge in [0, 0.05) is 43.9 Å². The van der Waals surface area contributed by atoms with E-state index in [4.69, 9.17) is 0 Å². The minimum atomic E-state index is -0.340. The molecule has 0 atom stereocenters. The van der Waals surface area contributed by atoms with Gasteiger partial charge in [-0.25, -0.2) is 0 Å². The zero-order chi connectivity index (χ0) is 18.4. The molecule has 136 valence electrons. The van der Waals surface area contributed by atoms with Gasteiger partial charge in [-0.05, 0) is 36.9 Å². The van der Waals surface area contributed by atoms with E-state index in [-0.39, 0.29) is 11.8 Å². The summed E-state index contributed by atoms with van der Waals surface area (Å²) in [6, 6.07) is 16.3. The molecule has 1 fully saturated rings. The number of carbonyl (C=O) groups excluding carboxylic acids is 2. The molecule has 2 aromatic carbocycles. The molecular weight excluding hydrogens is 328 g/mol. The maximum Gasteiger partial charge on any atom is 0.269 e. The lowest BCUT2D eigenvalue weighted by molar-refractivity contribution is 0.0846. The number of rotatable bonds is 4. The van der Waals surface area contributed by atoms with Gasteiger partial charge >= 0.3 is 0 Å². The van der Waals surface area contributed by atoms with Gasteiger partial charge in [-0.1, -0.05) is 30.3 Å². The Kier molecular flexibility index (Phi) is 5.99. The first-order chi connectivity index (χ1) is 12.6. The molecule has 0 radical (unpaired) electrons. The average Bonchev–Trinajstić information content (AvgIpc) is 2.68. The second-order valence-corrected chi connectivity index (χ2v) is 6.55. The summed E-state index contributed by atoms with van der Waals surface area (Å²) in [6.07, 6.45) is 0. The number of nitrogens with zero attached hydrogens (tertiary/aromatic N) is 2. The number of hydrogen-bond acceptors (Lipinski definition) is 4. The van der Waals surface area contributed by atoms with Crippen molar-refractivity contribution in [3.63, 3.8) is 0 Å². The average molecular weight is 352 g/mol. The number of likely N-dealkylation sites (N-methyl/N-ethyl adjacent to an activating group) is 1. The predicted octanol–water partition coefficient (Wildman–Crippen LogP) is 1.51. The Bertz CT molecular complexity index is 755. The van der Waals surface area contributed by atoms with Gasteiger partial charge in [-0.2, -0.15) is 0 Å². The van der Waals surface area contributed by atoms with Crippen LogP contribution in [0.5, 0.6) is 0 Å². The number of nitrogens with one attached hydrogen (secondary N) is 2. The fraction of sp³-hybridized carbons (Fsp3) is 0.300. The van der Waals surface area contributed by atoms with Crippen LogP contribution in [-0.2, 0) is 6.54 Å². The lowest BCUT2D eigenvalue weighted by atomic mass is 10.1. The second kappa shape index (κ2) is 8.60. The van der Waals surface area contributed by atoms with Crippen molar-refractivity contribution in [1.29, 1.82) is 0 Å². The Morgan fingerprint density at radius 3 is 2.15 bits per heavy atom. The highest BCUT2D eigenvalue weighted by atomic mass is 16.2. The smallest absolute Gasteiger partial charge is 0.269 e. The quantitative estimate of drug-likeness (QED) is 0.819. The molecule has 1 saturated heterocycles. The number of hydrazine groups is 1. The minimum absolute atomic E-state index is 0.325. The Morgan fingerprint density at radius 1 is 0.846 bits per heavy atom. The lowest BCUT2D eigenvalue weighted by Gasteiger charge is -2.32. The molecule has 2 aromatic rings. The standard InChI is InChI=1S/C20H24N4O2/c1-23-10-12-24(13-11-23)15-16-6-5-9-18(14-16)20(26)22-21-19(25)17-7-3-2-4-8-17/h2-9,14H,10-13,15H2,1H3,(H,21,25)(H,22,26). The summed E-state index contributed by atoms with van der Waals surface area (Å²) in [6.45, 7) is 5.00. The van der Waals surface area contributed by atoms with Gasteiger partial charge < -0.3 is 4.90 Å². The van der Waals surface area contributed by atoms with Gasteiger partial charge in [0.25, 0.3) is 11.8 Å². The third kappa shape index (κ3) is 4.91. The first-order valence-electron chi connectivity index (χ1n) is 8.77. The largest absolute Gasteiger partial charge is 0.304 e. The van der Waals surface area contributed by atoms with Gasteiger partial charge in [0.2, 0.25) is 0 Å². The Balaban J connectivity index is 1.55. The number of carbonyl (C=O) groups is 2. The van der Waals surface area contributed by atoms with Crippen LogP contribution in [0.4, 0.5) is 0 Å². The summed E-state index contributed by atoms with van der Waals surface area (Å²) in [5.74, 6) is -0.665. The lowest BCUT2D eigenvalue weighted by Crippen LogP contribution is -2.44. The van der Waals surface area contributed by atoms with Crippen molar-refractivity contribution < 1.29 is 9.59 Å². The SMILES string of the molecule is CN1CCN(Cc2cccc(C(=O)NNC(=O)c3ccccc3)c2)CC1. The maximum atomic E-state index is 12.3. The predicted molar refractivity (Wildman–Crippen MR) is 101 cm³/mol. The molecule has 1 heterocycles. The van der Waals surface area contributed by atoms with Crippen LogP contribution in [0, 0.1) is 0 Å². The molecule has 0 bridgehead atoms. The molecule has 0 aliphatic carbocycles. The number of amides is 2. The van der Waals surface area contributed by atoms with Crippen LogP contribution >= 0.6 is 0 Å². The Morgan fingerprint density at radius 2 is 1.46 bits per heavy atom. The first-order valence-corrected chi connectivity index (χ1v) is 8.77. The molecule has 0 spiro atoms. The van der Waals surface area contributed by atoms with Crippen LogP contribution in [0.3, 0.4) is 0 Å². The fourth-order valence-corrected chi connectivity index (χ4v) is 2.92. The molecule has 0 saturated carbocycles. The normalized spacial score (nSPS) is 15.4. The second-order valence-electron chi connectivity index (χ2n) is 6.55. The van der Waals surface area contributed by atoms with E-state index in [1.165, 1.54) is 0 Å². The van der Waals surface area contributed by atoms with Crippen molar-refractivity contribution in [2.75, 3.05) is 33.2 Å². The minimum Gasteiger partial charge on any atom is -0.304 e. The number of piperazine rings is 1. The van der Waals surface area contributed by atoms with Crippen molar-refractivity contribution in [2.24, 2.45) is 0 Å². The molecule has 1 aliphatic rings. The topological polar surface area (TPSA) is 64.7 Å². The van der Waals surface area contributed by atoms with Crippen molar-refractivity contribution in [3.05, 3.63) is 71.3 Å². The van der Waals surface area contributed by atoms with Gasteiger partial charge in [0.1, 0.15) is 0 Å². The van der Waals surface area contributed by atoms with Crippen LogP contribution in [-0.4, -0.2) is 54.8 Å². The van der Waals surface area contributed by atoms with E-state index in [0.29, 0.717) is 11.1 Å². The summed E-state index contributed by atoms with van der Waals surface area (Å²) in [5, 5.41) is 0. The third-order valence-electron chi connectivity index (χ3n) is 4.52. The molecular formula is C20H24N4O2. The molecule has 6 nitrogen and oxygen atoms in total. The summed E-state index contributed by atoms with van der Waals surface area (Å²) < 4.78 is 0. The van der Waals surface area contributed by atoms with Gasteiger partial charge in [-0.15, -0.1) is 0 Å². The maximum absolute atomic E-state index is 12.3. The van der Waals surface area contributed by atoms with Crippen molar-refractivity contribution in [3.8, 4) is 0 Å². The highest BCUT2D eigenvalue weighted by Gasteiger charge is 2.15. The molecule has 2 N–H and O–H groups in total. The van der Waals surface area contributed by atoms with Crippen molar-refractivity contribution in [1.82, 2.24) is 20.7 Å². The molecule has 1 aliphatic heterocycles. The van der Waals surface area contributed by atoms with E-state index in [2.05, 4.69) is 27.7 Å². The van der Waals surface area contributed by atoms with Crippen LogP contribution in [0.25, 0.3) is 0 Å². The molecule has 6 heteroatoms. The van der Waals surface area contributed by atoms with Crippen molar-refractivity contribution >= 4 is 11.8 Å². The van der Waals surface area contributed by atoms with Gasteiger partial charge in [0.15, 0.2) is 0 Å². The monoisotopic (exact) mass is 352 g/mol. The van der Waals surface area contributed by atoms with E-state index in [1.54, 1.807) is 30.3 Å². The summed E-state index contributed by atoms with van der Waals surface area (Å²) in [5.41, 5.74) is 7.05. The zero-order valence-electron chi connectivity index (χ0n) is 14.9. The molecule has 0 unspecified atom stereocenters. The van der Waals surface area contributed by atoms with E-state index in [1.807, 2.05) is 24.3 Å². The number of hydrogen-bond donors (Lipinski definition) is 2. The highest BCUT2D eigenvalue weighted by Crippen LogP contribution is 2.10. The van der Waals surface area contributed by atoms with Gasteiger partial charge in [-0.3, -0.25) is 25.3 Å². The van der Waals surface area contributed by atoms with Gasteiger partial charge in [0.05, 0.1) is 0 Å². The van der Waals surface area contributed by atoms with Crippen molar-refractivity contribution in [2.45, 2.75) is 6.54 Å². The molecule has 26 heavy (non-hydrogen) atoms. The Hall–Kier alpha value is -2.70. The first kappa shape index (κ1) is 18.1. The Labute approximate surface area is 153 Å². The van der Waals surface area contributed by atoms with E-state index < -0.39 is 0 Å².